The Bertz CT molecular complexity index is 339. The van der Waals surface area contributed by atoms with Crippen LogP contribution in [0.25, 0.3) is 0 Å². The van der Waals surface area contributed by atoms with Crippen LogP contribution in [0.1, 0.15) is 32.3 Å². The maximum Gasteiger partial charge on any atom is 0.161 e. The molecule has 1 aromatic carbocycles. The zero-order valence-electron chi connectivity index (χ0n) is 11.8. The van der Waals surface area contributed by atoms with E-state index in [1.807, 2.05) is 12.1 Å². The van der Waals surface area contributed by atoms with Crippen LogP contribution in [-0.2, 0) is 6.42 Å². The molecule has 0 aliphatic rings. The number of hydrogen-bond donors (Lipinski definition) is 1. The highest BCUT2D eigenvalue weighted by Crippen LogP contribution is 2.28. The van der Waals surface area contributed by atoms with Crippen LogP contribution in [0.2, 0.25) is 0 Å². The second-order valence-corrected chi connectivity index (χ2v) is 4.29. The van der Waals surface area contributed by atoms with E-state index in [1.54, 1.807) is 7.11 Å². The molecule has 0 aliphatic heterocycles. The average molecular weight is 251 g/mol. The molecule has 1 aromatic rings. The quantitative estimate of drug-likeness (QED) is 0.684. The maximum absolute atomic E-state index is 5.72. The monoisotopic (exact) mass is 251 g/mol. The van der Waals surface area contributed by atoms with E-state index in [1.165, 1.54) is 18.4 Å². The summed E-state index contributed by atoms with van der Waals surface area (Å²) in [5, 5.41) is 3.35. The van der Waals surface area contributed by atoms with Crippen molar-refractivity contribution in [3.05, 3.63) is 23.8 Å². The third-order valence-corrected chi connectivity index (χ3v) is 2.88. The summed E-state index contributed by atoms with van der Waals surface area (Å²) in [5.41, 5.74) is 1.26. The molecule has 0 atom stereocenters. The zero-order valence-corrected chi connectivity index (χ0v) is 11.8. The molecule has 1 rings (SSSR count). The Morgan fingerprint density at radius 2 is 1.94 bits per heavy atom. The van der Waals surface area contributed by atoms with Crippen molar-refractivity contribution in [3.63, 3.8) is 0 Å². The Balaban J connectivity index is 2.37. The lowest BCUT2D eigenvalue weighted by atomic mass is 10.1. The molecule has 0 heterocycles. The van der Waals surface area contributed by atoms with Crippen LogP contribution in [-0.4, -0.2) is 26.8 Å². The van der Waals surface area contributed by atoms with Crippen LogP contribution in [0.15, 0.2) is 18.2 Å². The largest absolute Gasteiger partial charge is 0.493 e. The van der Waals surface area contributed by atoms with Crippen molar-refractivity contribution in [1.82, 2.24) is 5.32 Å². The van der Waals surface area contributed by atoms with Gasteiger partial charge >= 0.3 is 0 Å². The summed E-state index contributed by atoms with van der Waals surface area (Å²) < 4.78 is 11.1. The first-order chi connectivity index (χ1) is 8.81. The molecule has 0 radical (unpaired) electrons. The fourth-order valence-electron chi connectivity index (χ4n) is 1.71. The molecule has 3 nitrogen and oxygen atoms in total. The first-order valence-corrected chi connectivity index (χ1v) is 6.82. The van der Waals surface area contributed by atoms with Crippen molar-refractivity contribution in [2.45, 2.75) is 33.1 Å². The molecule has 102 valence electrons. The SMILES string of the molecule is CCCCNCCOc1ccc(CC)cc1OC. The van der Waals surface area contributed by atoms with Gasteiger partial charge in [0.15, 0.2) is 11.5 Å². The molecule has 18 heavy (non-hydrogen) atoms. The molecule has 0 aromatic heterocycles. The molecule has 1 N–H and O–H groups in total. The van der Waals surface area contributed by atoms with Crippen LogP contribution in [0.3, 0.4) is 0 Å². The Morgan fingerprint density at radius 3 is 2.61 bits per heavy atom. The molecule has 0 fully saturated rings. The number of nitrogens with one attached hydrogen (secondary N) is 1. The summed E-state index contributed by atoms with van der Waals surface area (Å²) in [5.74, 6) is 1.65. The Kier molecular flexibility index (Phi) is 7.26. The van der Waals surface area contributed by atoms with Crippen LogP contribution in [0.5, 0.6) is 11.5 Å². The number of methoxy groups -OCH3 is 1. The standard InChI is InChI=1S/C15H25NO2/c1-4-6-9-16-10-11-18-14-8-7-13(5-2)12-15(14)17-3/h7-8,12,16H,4-6,9-11H2,1-3H3. The minimum Gasteiger partial charge on any atom is -0.493 e. The van der Waals surface area contributed by atoms with Crippen molar-refractivity contribution in [2.75, 3.05) is 26.8 Å². The molecular weight excluding hydrogens is 226 g/mol. The second kappa shape index (κ2) is 8.81. The van der Waals surface area contributed by atoms with E-state index in [0.717, 1.165) is 31.0 Å². The molecule has 0 aliphatic carbocycles. The first kappa shape index (κ1) is 14.8. The lowest BCUT2D eigenvalue weighted by molar-refractivity contribution is 0.292. The van der Waals surface area contributed by atoms with Gasteiger partial charge in [0.25, 0.3) is 0 Å². The number of hydrogen-bond acceptors (Lipinski definition) is 3. The fraction of sp³-hybridized carbons (Fsp3) is 0.600. The van der Waals surface area contributed by atoms with Crippen molar-refractivity contribution in [1.29, 1.82) is 0 Å². The number of unbranched alkanes of at least 4 members (excludes halogenated alkanes) is 1. The van der Waals surface area contributed by atoms with Gasteiger partial charge in [-0.15, -0.1) is 0 Å². The van der Waals surface area contributed by atoms with Gasteiger partial charge in [0, 0.05) is 6.54 Å². The Hall–Kier alpha value is -1.22. The van der Waals surface area contributed by atoms with E-state index in [9.17, 15) is 0 Å². The molecule has 0 bridgehead atoms. The third kappa shape index (κ3) is 4.96. The molecule has 0 spiro atoms. The highest BCUT2D eigenvalue weighted by Gasteiger charge is 2.04. The van der Waals surface area contributed by atoms with E-state index in [2.05, 4.69) is 25.2 Å². The van der Waals surface area contributed by atoms with E-state index in [0.29, 0.717) is 6.61 Å². The molecule has 0 amide bonds. The lowest BCUT2D eigenvalue weighted by Crippen LogP contribution is -2.22. The van der Waals surface area contributed by atoms with Crippen molar-refractivity contribution in [3.8, 4) is 11.5 Å². The van der Waals surface area contributed by atoms with Gasteiger partial charge in [0.1, 0.15) is 6.61 Å². The molecular formula is C15H25NO2. The normalized spacial score (nSPS) is 10.4. The second-order valence-electron chi connectivity index (χ2n) is 4.29. The summed E-state index contributed by atoms with van der Waals surface area (Å²) in [6.45, 7) is 6.93. The fourth-order valence-corrected chi connectivity index (χ4v) is 1.71. The van der Waals surface area contributed by atoms with Crippen LogP contribution in [0.4, 0.5) is 0 Å². The number of rotatable bonds is 9. The minimum atomic E-state index is 0.672. The average Bonchev–Trinajstić information content (AvgIpc) is 2.42. The summed E-state index contributed by atoms with van der Waals surface area (Å²) in [4.78, 5) is 0. The number of ether oxygens (including phenoxy) is 2. The van der Waals surface area contributed by atoms with Gasteiger partial charge in [0.05, 0.1) is 7.11 Å². The maximum atomic E-state index is 5.72. The predicted molar refractivity (Wildman–Crippen MR) is 75.6 cm³/mol. The molecule has 3 heteroatoms. The topological polar surface area (TPSA) is 30.5 Å². The van der Waals surface area contributed by atoms with Gasteiger partial charge in [0.2, 0.25) is 0 Å². The van der Waals surface area contributed by atoms with Crippen LogP contribution >= 0.6 is 0 Å². The van der Waals surface area contributed by atoms with Gasteiger partial charge < -0.3 is 14.8 Å². The Labute approximate surface area is 110 Å². The first-order valence-electron chi connectivity index (χ1n) is 6.82. The van der Waals surface area contributed by atoms with Gasteiger partial charge in [-0.25, -0.2) is 0 Å². The summed E-state index contributed by atoms with van der Waals surface area (Å²) in [6.07, 6.45) is 3.45. The van der Waals surface area contributed by atoms with Gasteiger partial charge in [-0.1, -0.05) is 26.3 Å². The Morgan fingerprint density at radius 1 is 1.11 bits per heavy atom. The van der Waals surface area contributed by atoms with E-state index in [-0.39, 0.29) is 0 Å². The van der Waals surface area contributed by atoms with Gasteiger partial charge in [-0.2, -0.15) is 0 Å². The van der Waals surface area contributed by atoms with Gasteiger partial charge in [-0.3, -0.25) is 0 Å². The van der Waals surface area contributed by atoms with E-state index >= 15 is 0 Å². The number of aryl methyl sites for hydroxylation is 1. The molecule has 0 unspecified atom stereocenters. The smallest absolute Gasteiger partial charge is 0.161 e. The predicted octanol–water partition coefficient (Wildman–Crippen LogP) is 3.03. The van der Waals surface area contributed by atoms with Crippen LogP contribution < -0.4 is 14.8 Å². The molecule has 0 saturated heterocycles. The van der Waals surface area contributed by atoms with Crippen molar-refractivity contribution < 1.29 is 9.47 Å². The highest BCUT2D eigenvalue weighted by molar-refractivity contribution is 5.42. The van der Waals surface area contributed by atoms with Crippen molar-refractivity contribution in [2.24, 2.45) is 0 Å². The van der Waals surface area contributed by atoms with Crippen LogP contribution in [0, 0.1) is 0 Å². The third-order valence-electron chi connectivity index (χ3n) is 2.88. The highest BCUT2D eigenvalue weighted by atomic mass is 16.5. The van der Waals surface area contributed by atoms with E-state index < -0.39 is 0 Å². The molecule has 0 saturated carbocycles. The zero-order chi connectivity index (χ0) is 13.2. The summed E-state index contributed by atoms with van der Waals surface area (Å²) in [7, 11) is 1.68. The minimum absolute atomic E-state index is 0.672. The van der Waals surface area contributed by atoms with Crippen molar-refractivity contribution >= 4 is 0 Å². The number of benzene rings is 1. The lowest BCUT2D eigenvalue weighted by Gasteiger charge is -2.12. The van der Waals surface area contributed by atoms with Gasteiger partial charge in [-0.05, 0) is 37.1 Å². The summed E-state index contributed by atoms with van der Waals surface area (Å²) >= 11 is 0. The van der Waals surface area contributed by atoms with E-state index in [4.69, 9.17) is 9.47 Å². The summed E-state index contributed by atoms with van der Waals surface area (Å²) in [6, 6.07) is 6.12.